The molecule has 1 saturated carbocycles. The summed E-state index contributed by atoms with van der Waals surface area (Å²) in [6.07, 6.45) is 6.38. The highest BCUT2D eigenvalue weighted by molar-refractivity contribution is 5.51. The molecular formula is C23H27N3O. The van der Waals surface area contributed by atoms with Crippen molar-refractivity contribution < 1.29 is 4.42 Å². The second kappa shape index (κ2) is 8.49. The lowest BCUT2D eigenvalue weighted by molar-refractivity contribution is 0.114. The first kappa shape index (κ1) is 17.9. The fourth-order valence-corrected chi connectivity index (χ4v) is 4.22. The molecule has 27 heavy (non-hydrogen) atoms. The van der Waals surface area contributed by atoms with Crippen molar-refractivity contribution in [3.8, 4) is 11.5 Å². The first-order chi connectivity index (χ1) is 13.3. The first-order valence-corrected chi connectivity index (χ1v) is 9.94. The van der Waals surface area contributed by atoms with E-state index in [1.807, 2.05) is 30.3 Å². The molecule has 1 aliphatic carbocycles. The van der Waals surface area contributed by atoms with E-state index >= 15 is 0 Å². The molecule has 4 rings (SSSR count). The van der Waals surface area contributed by atoms with Crippen molar-refractivity contribution in [3.05, 3.63) is 72.1 Å². The quantitative estimate of drug-likeness (QED) is 0.582. The fourth-order valence-electron chi connectivity index (χ4n) is 4.22. The number of hydrogen-bond donors (Lipinski definition) is 0. The topological polar surface area (TPSA) is 42.2 Å². The van der Waals surface area contributed by atoms with Crippen molar-refractivity contribution in [1.29, 1.82) is 0 Å². The van der Waals surface area contributed by atoms with Gasteiger partial charge in [0.2, 0.25) is 11.8 Å². The van der Waals surface area contributed by atoms with E-state index in [-0.39, 0.29) is 6.04 Å². The van der Waals surface area contributed by atoms with Crippen LogP contribution in [0.3, 0.4) is 0 Å². The maximum absolute atomic E-state index is 6.18. The molecular weight excluding hydrogens is 334 g/mol. The lowest BCUT2D eigenvalue weighted by atomic mass is 9.83. The van der Waals surface area contributed by atoms with Gasteiger partial charge in [-0.2, -0.15) is 0 Å². The van der Waals surface area contributed by atoms with Crippen LogP contribution >= 0.6 is 0 Å². The smallest absolute Gasteiger partial charge is 0.247 e. The third kappa shape index (κ3) is 4.28. The predicted molar refractivity (Wildman–Crippen MR) is 107 cm³/mol. The van der Waals surface area contributed by atoms with Crippen molar-refractivity contribution in [2.75, 3.05) is 7.05 Å². The maximum atomic E-state index is 6.18. The summed E-state index contributed by atoms with van der Waals surface area (Å²) >= 11 is 0. The van der Waals surface area contributed by atoms with Crippen LogP contribution in [0.1, 0.15) is 49.6 Å². The van der Waals surface area contributed by atoms with Gasteiger partial charge in [-0.1, -0.05) is 67.8 Å². The number of rotatable bonds is 6. The number of hydrogen-bond acceptors (Lipinski definition) is 4. The zero-order valence-corrected chi connectivity index (χ0v) is 15.9. The second-order valence-corrected chi connectivity index (χ2v) is 7.56. The average Bonchev–Trinajstić information content (AvgIpc) is 3.20. The molecule has 1 aromatic heterocycles. The minimum atomic E-state index is 0.162. The van der Waals surface area contributed by atoms with E-state index in [1.54, 1.807) is 0 Å². The third-order valence-corrected chi connectivity index (χ3v) is 5.56. The molecule has 0 saturated heterocycles. The second-order valence-electron chi connectivity index (χ2n) is 7.56. The van der Waals surface area contributed by atoms with Crippen LogP contribution in [-0.2, 0) is 6.54 Å². The van der Waals surface area contributed by atoms with Crippen LogP contribution < -0.4 is 0 Å². The Bertz CT molecular complexity index is 825. The summed E-state index contributed by atoms with van der Waals surface area (Å²) in [5.74, 6) is 1.93. The van der Waals surface area contributed by atoms with Crippen LogP contribution in [0.5, 0.6) is 0 Å². The van der Waals surface area contributed by atoms with Crippen LogP contribution in [0.15, 0.2) is 65.1 Å². The van der Waals surface area contributed by atoms with Crippen LogP contribution in [0.4, 0.5) is 0 Å². The van der Waals surface area contributed by atoms with E-state index in [0.717, 1.165) is 18.0 Å². The molecule has 0 N–H and O–H groups in total. The van der Waals surface area contributed by atoms with E-state index < -0.39 is 0 Å². The van der Waals surface area contributed by atoms with Gasteiger partial charge in [0, 0.05) is 12.1 Å². The van der Waals surface area contributed by atoms with Gasteiger partial charge in [-0.3, -0.25) is 4.90 Å². The molecule has 1 heterocycles. The lowest BCUT2D eigenvalue weighted by Gasteiger charge is -2.34. The van der Waals surface area contributed by atoms with Gasteiger partial charge in [-0.15, -0.1) is 10.2 Å². The minimum absolute atomic E-state index is 0.162. The monoisotopic (exact) mass is 361 g/mol. The molecule has 140 valence electrons. The molecule has 0 bridgehead atoms. The molecule has 4 heteroatoms. The molecule has 2 aromatic carbocycles. The van der Waals surface area contributed by atoms with Gasteiger partial charge in [-0.25, -0.2) is 0 Å². The fraction of sp³-hybridized carbons (Fsp3) is 0.391. The Hall–Kier alpha value is -2.46. The molecule has 0 radical (unpaired) electrons. The Morgan fingerprint density at radius 3 is 2.30 bits per heavy atom. The van der Waals surface area contributed by atoms with Crippen molar-refractivity contribution in [3.63, 3.8) is 0 Å². The highest BCUT2D eigenvalue weighted by Gasteiger charge is 2.32. The first-order valence-electron chi connectivity index (χ1n) is 9.94. The van der Waals surface area contributed by atoms with E-state index in [1.165, 1.54) is 37.7 Å². The van der Waals surface area contributed by atoms with Crippen LogP contribution in [0, 0.1) is 5.92 Å². The summed E-state index contributed by atoms with van der Waals surface area (Å²) < 4.78 is 6.18. The summed E-state index contributed by atoms with van der Waals surface area (Å²) in [6, 6.07) is 20.8. The Kier molecular flexibility index (Phi) is 5.64. The SMILES string of the molecule is CN(Cc1ccccc1)C(c1nnc(-c2ccccc2)o1)C1CCCCC1. The molecule has 1 aliphatic rings. The average molecular weight is 361 g/mol. The van der Waals surface area contributed by atoms with E-state index in [2.05, 4.69) is 52.5 Å². The van der Waals surface area contributed by atoms with Crippen molar-refractivity contribution >= 4 is 0 Å². The number of aromatic nitrogens is 2. The van der Waals surface area contributed by atoms with Crippen LogP contribution in [-0.4, -0.2) is 22.1 Å². The van der Waals surface area contributed by atoms with Gasteiger partial charge in [0.1, 0.15) is 0 Å². The molecule has 0 aliphatic heterocycles. The van der Waals surface area contributed by atoms with Crippen molar-refractivity contribution in [2.24, 2.45) is 5.92 Å². The van der Waals surface area contributed by atoms with Gasteiger partial charge in [0.15, 0.2) is 0 Å². The zero-order chi connectivity index (χ0) is 18.5. The third-order valence-electron chi connectivity index (χ3n) is 5.56. The highest BCUT2D eigenvalue weighted by Crippen LogP contribution is 2.38. The summed E-state index contributed by atoms with van der Waals surface area (Å²) in [4.78, 5) is 2.38. The molecule has 1 unspecified atom stereocenters. The summed E-state index contributed by atoms with van der Waals surface area (Å²) in [7, 11) is 2.18. The van der Waals surface area contributed by atoms with Gasteiger partial charge in [-0.05, 0) is 43.5 Å². The minimum Gasteiger partial charge on any atom is -0.419 e. The summed E-state index contributed by atoms with van der Waals surface area (Å²) in [6.45, 7) is 0.880. The molecule has 1 fully saturated rings. The molecule has 0 spiro atoms. The molecule has 3 aromatic rings. The standard InChI is InChI=1S/C23H27N3O/c1-26(17-18-11-5-2-6-12-18)21(19-13-7-3-8-14-19)23-25-24-22(27-23)20-15-9-4-10-16-20/h2,4-6,9-12,15-16,19,21H,3,7-8,13-14,17H2,1H3. The van der Waals surface area contributed by atoms with Gasteiger partial charge >= 0.3 is 0 Å². The molecule has 1 atom stereocenters. The van der Waals surface area contributed by atoms with Crippen molar-refractivity contribution in [2.45, 2.75) is 44.7 Å². The van der Waals surface area contributed by atoms with E-state index in [9.17, 15) is 0 Å². The number of benzene rings is 2. The molecule has 0 amide bonds. The predicted octanol–water partition coefficient (Wildman–Crippen LogP) is 5.49. The van der Waals surface area contributed by atoms with E-state index in [0.29, 0.717) is 11.8 Å². The summed E-state index contributed by atoms with van der Waals surface area (Å²) in [5, 5.41) is 8.82. The zero-order valence-electron chi connectivity index (χ0n) is 15.9. The van der Waals surface area contributed by atoms with Crippen LogP contribution in [0.25, 0.3) is 11.5 Å². The van der Waals surface area contributed by atoms with Gasteiger partial charge < -0.3 is 4.42 Å². The normalized spacial score (nSPS) is 16.5. The van der Waals surface area contributed by atoms with Crippen LogP contribution in [0.2, 0.25) is 0 Å². The Morgan fingerprint density at radius 1 is 0.926 bits per heavy atom. The Morgan fingerprint density at radius 2 is 1.59 bits per heavy atom. The Labute approximate surface area is 161 Å². The van der Waals surface area contributed by atoms with Gasteiger partial charge in [0.05, 0.1) is 6.04 Å². The summed E-state index contributed by atoms with van der Waals surface area (Å²) in [5.41, 5.74) is 2.29. The largest absolute Gasteiger partial charge is 0.419 e. The Balaban J connectivity index is 1.60. The maximum Gasteiger partial charge on any atom is 0.247 e. The lowest BCUT2D eigenvalue weighted by Crippen LogP contribution is -2.31. The molecule has 4 nitrogen and oxygen atoms in total. The number of nitrogens with zero attached hydrogens (tertiary/aromatic N) is 3. The van der Waals surface area contributed by atoms with Gasteiger partial charge in [0.25, 0.3) is 0 Å². The highest BCUT2D eigenvalue weighted by atomic mass is 16.4. The van der Waals surface area contributed by atoms with E-state index in [4.69, 9.17) is 4.42 Å². The van der Waals surface area contributed by atoms with Crippen molar-refractivity contribution in [1.82, 2.24) is 15.1 Å².